The third-order valence-electron chi connectivity index (χ3n) is 6.42. The maximum absolute atomic E-state index is 9.20. The third-order valence-corrected chi connectivity index (χ3v) is 6.42. The van der Waals surface area contributed by atoms with E-state index in [9.17, 15) is 5.26 Å². The van der Waals surface area contributed by atoms with Crippen molar-refractivity contribution in [3.05, 3.63) is 71.7 Å². The zero-order valence-electron chi connectivity index (χ0n) is 19.8. The van der Waals surface area contributed by atoms with Gasteiger partial charge in [0.15, 0.2) is 0 Å². The van der Waals surface area contributed by atoms with Crippen LogP contribution in [0.15, 0.2) is 54.7 Å². The van der Waals surface area contributed by atoms with Crippen molar-refractivity contribution in [2.75, 3.05) is 18.8 Å². The first-order valence-electron chi connectivity index (χ1n) is 11.7. The van der Waals surface area contributed by atoms with Gasteiger partial charge in [-0.25, -0.2) is 14.6 Å². The summed E-state index contributed by atoms with van der Waals surface area (Å²) in [5.74, 6) is 0.870. The van der Waals surface area contributed by atoms with E-state index >= 15 is 0 Å². The molecule has 1 aromatic carbocycles. The molecule has 1 fully saturated rings. The van der Waals surface area contributed by atoms with E-state index < -0.39 is 0 Å². The second-order valence-corrected chi connectivity index (χ2v) is 9.11. The fourth-order valence-electron chi connectivity index (χ4n) is 4.48. The van der Waals surface area contributed by atoms with Crippen LogP contribution in [0.25, 0.3) is 22.6 Å². The number of likely N-dealkylation sites (tertiary alicyclic amines) is 1. The van der Waals surface area contributed by atoms with E-state index in [0.717, 1.165) is 36.0 Å². The highest BCUT2D eigenvalue weighted by Gasteiger charge is 2.24. The summed E-state index contributed by atoms with van der Waals surface area (Å²) in [7, 11) is 0. The number of nitrogens with zero attached hydrogens (tertiary/aromatic N) is 8. The molecule has 0 aliphatic carbocycles. The van der Waals surface area contributed by atoms with Crippen LogP contribution in [0.2, 0.25) is 0 Å². The van der Waals surface area contributed by atoms with Gasteiger partial charge >= 0.3 is 0 Å². The summed E-state index contributed by atoms with van der Waals surface area (Å²) >= 11 is 0. The number of pyridine rings is 1. The average Bonchev–Trinajstić information content (AvgIpc) is 3.52. The Balaban J connectivity index is 1.36. The predicted octanol–water partition coefficient (Wildman–Crippen LogP) is 3.70. The smallest absolute Gasteiger partial charge is 0.221 e. The Kier molecular flexibility index (Phi) is 6.21. The number of nitrogens with two attached hydrogens (primary N) is 1. The quantitative estimate of drug-likeness (QED) is 0.457. The molecule has 0 radical (unpaired) electrons. The summed E-state index contributed by atoms with van der Waals surface area (Å²) in [6, 6.07) is 17.6. The summed E-state index contributed by atoms with van der Waals surface area (Å²) in [6.45, 7) is 7.26. The molecule has 0 saturated carbocycles. The van der Waals surface area contributed by atoms with Crippen LogP contribution in [0.4, 0.5) is 5.95 Å². The van der Waals surface area contributed by atoms with E-state index in [1.54, 1.807) is 22.9 Å². The van der Waals surface area contributed by atoms with Crippen LogP contribution in [-0.4, -0.2) is 47.9 Å². The fraction of sp³-hybridized carbons (Fsp3) is 0.308. The molecule has 0 bridgehead atoms. The molecule has 9 heteroatoms. The van der Waals surface area contributed by atoms with Gasteiger partial charge in [-0.05, 0) is 56.1 Å². The van der Waals surface area contributed by atoms with Crippen molar-refractivity contribution in [1.82, 2.24) is 34.8 Å². The number of anilines is 1. The van der Waals surface area contributed by atoms with Gasteiger partial charge in [-0.1, -0.05) is 30.3 Å². The van der Waals surface area contributed by atoms with Crippen molar-refractivity contribution in [2.24, 2.45) is 5.92 Å². The summed E-state index contributed by atoms with van der Waals surface area (Å²) in [5.41, 5.74) is 11.1. The molecule has 3 aromatic heterocycles. The second kappa shape index (κ2) is 9.60. The molecule has 5 rings (SSSR count). The van der Waals surface area contributed by atoms with Gasteiger partial charge in [0.2, 0.25) is 5.95 Å². The zero-order valence-corrected chi connectivity index (χ0v) is 19.8. The molecule has 35 heavy (non-hydrogen) atoms. The monoisotopic (exact) mass is 465 g/mol. The van der Waals surface area contributed by atoms with Crippen LogP contribution >= 0.6 is 0 Å². The molecule has 2 atom stereocenters. The van der Waals surface area contributed by atoms with Crippen LogP contribution < -0.4 is 5.73 Å². The topological polar surface area (TPSA) is 122 Å². The van der Waals surface area contributed by atoms with Crippen LogP contribution in [0.3, 0.4) is 0 Å². The summed E-state index contributed by atoms with van der Waals surface area (Å²) in [6.07, 6.45) is 3.07. The Bertz CT molecular complexity index is 1390. The minimum atomic E-state index is 0.133. The summed E-state index contributed by atoms with van der Waals surface area (Å²) < 4.78 is 1.75. The number of hydrogen-bond acceptors (Lipinski definition) is 8. The first-order valence-corrected chi connectivity index (χ1v) is 11.7. The van der Waals surface area contributed by atoms with Crippen molar-refractivity contribution >= 4 is 5.95 Å². The van der Waals surface area contributed by atoms with E-state index in [1.165, 1.54) is 6.42 Å². The first-order chi connectivity index (χ1) is 17.0. The van der Waals surface area contributed by atoms with Gasteiger partial charge in [0.1, 0.15) is 5.69 Å². The maximum atomic E-state index is 9.20. The Morgan fingerprint density at radius 2 is 1.91 bits per heavy atom. The lowest BCUT2D eigenvalue weighted by molar-refractivity contribution is 0.250. The highest BCUT2D eigenvalue weighted by atomic mass is 15.4. The molecule has 0 unspecified atom stereocenters. The number of nitriles is 1. The Morgan fingerprint density at radius 3 is 2.71 bits per heavy atom. The molecular weight excluding hydrogens is 438 g/mol. The predicted molar refractivity (Wildman–Crippen MR) is 133 cm³/mol. The van der Waals surface area contributed by atoms with Gasteiger partial charge in [-0.2, -0.15) is 5.26 Å². The largest absolute Gasteiger partial charge is 0.368 e. The minimum absolute atomic E-state index is 0.133. The van der Waals surface area contributed by atoms with Crippen LogP contribution in [0, 0.1) is 17.2 Å². The van der Waals surface area contributed by atoms with Crippen molar-refractivity contribution in [3.8, 4) is 28.7 Å². The fourth-order valence-corrected chi connectivity index (χ4v) is 4.48. The Hall–Kier alpha value is -4.16. The minimum Gasteiger partial charge on any atom is -0.368 e. The number of rotatable bonds is 6. The lowest BCUT2D eigenvalue weighted by atomic mass is 10.1. The van der Waals surface area contributed by atoms with E-state index in [0.29, 0.717) is 29.2 Å². The van der Waals surface area contributed by atoms with Crippen LogP contribution in [0.1, 0.15) is 43.3 Å². The lowest BCUT2D eigenvalue weighted by Crippen LogP contribution is -2.25. The standard InChI is InChI=1S/C26H27N9/c1-17-9-10-34(14-17)18(2)22-8-4-7-21(29-22)15-35-16-25(32-33-35)24-12-23(30-26(28)31-24)20-6-3-5-19(11-20)13-27/h3-8,11-12,16-18H,9-10,14-15H2,1-2H3,(H2,28,30,31)/t17-,18+/m0/s1. The molecule has 1 saturated heterocycles. The Labute approximate surface area is 204 Å². The van der Waals surface area contributed by atoms with E-state index in [2.05, 4.69) is 57.2 Å². The molecule has 0 spiro atoms. The zero-order chi connectivity index (χ0) is 24.4. The second-order valence-electron chi connectivity index (χ2n) is 9.11. The highest BCUT2D eigenvalue weighted by molar-refractivity contribution is 5.68. The maximum Gasteiger partial charge on any atom is 0.221 e. The number of nitrogen functional groups attached to an aromatic ring is 1. The van der Waals surface area contributed by atoms with Crippen molar-refractivity contribution in [2.45, 2.75) is 32.9 Å². The van der Waals surface area contributed by atoms with Crippen molar-refractivity contribution < 1.29 is 0 Å². The molecule has 1 aliphatic heterocycles. The first kappa shape index (κ1) is 22.6. The SMILES string of the molecule is C[C@H]1CCN([C@H](C)c2cccc(Cn3cc(-c4cc(-c5cccc(C#N)c5)nc(N)n4)nn3)n2)C1. The number of benzene rings is 1. The van der Waals surface area contributed by atoms with E-state index in [-0.39, 0.29) is 12.0 Å². The third kappa shape index (κ3) is 5.03. The van der Waals surface area contributed by atoms with Gasteiger partial charge in [0, 0.05) is 18.2 Å². The van der Waals surface area contributed by atoms with Crippen molar-refractivity contribution in [3.63, 3.8) is 0 Å². The van der Waals surface area contributed by atoms with Gasteiger partial charge in [-0.15, -0.1) is 5.10 Å². The molecule has 4 heterocycles. The molecule has 0 amide bonds. The van der Waals surface area contributed by atoms with Gasteiger partial charge in [0.05, 0.1) is 47.1 Å². The molecule has 4 aromatic rings. The number of aromatic nitrogens is 6. The lowest BCUT2D eigenvalue weighted by Gasteiger charge is -2.24. The normalized spacial score (nSPS) is 16.8. The molecule has 176 valence electrons. The molecule has 2 N–H and O–H groups in total. The van der Waals surface area contributed by atoms with Crippen LogP contribution in [0.5, 0.6) is 0 Å². The Morgan fingerprint density at radius 1 is 1.09 bits per heavy atom. The van der Waals surface area contributed by atoms with E-state index in [4.69, 9.17) is 10.7 Å². The highest BCUT2D eigenvalue weighted by Crippen LogP contribution is 2.27. The van der Waals surface area contributed by atoms with Gasteiger partial charge < -0.3 is 5.73 Å². The summed E-state index contributed by atoms with van der Waals surface area (Å²) in [4.78, 5) is 16.1. The van der Waals surface area contributed by atoms with Crippen molar-refractivity contribution in [1.29, 1.82) is 5.26 Å². The molecular formula is C26H27N9. The summed E-state index contributed by atoms with van der Waals surface area (Å²) in [5, 5.41) is 17.8. The molecule has 1 aliphatic rings. The molecule has 9 nitrogen and oxygen atoms in total. The van der Waals surface area contributed by atoms with E-state index in [1.807, 2.05) is 24.4 Å². The van der Waals surface area contributed by atoms with Crippen LogP contribution in [-0.2, 0) is 6.54 Å². The number of hydrogen-bond donors (Lipinski definition) is 1. The van der Waals surface area contributed by atoms with Gasteiger partial charge in [0.25, 0.3) is 0 Å². The average molecular weight is 466 g/mol. The van der Waals surface area contributed by atoms with Gasteiger partial charge in [-0.3, -0.25) is 9.88 Å².